The minimum atomic E-state index is -0.842. The Morgan fingerprint density at radius 1 is 0.921 bits per heavy atom. The number of hydrogen-bond acceptors (Lipinski definition) is 11. The molecule has 15 nitrogen and oxygen atoms in total. The zero-order chi connectivity index (χ0) is 43.9. The van der Waals surface area contributed by atoms with E-state index in [0.717, 1.165) is 37.7 Å². The Morgan fingerprint density at radius 3 is 2.48 bits per heavy atom. The summed E-state index contributed by atoms with van der Waals surface area (Å²) in [6.45, 7) is 4.36. The van der Waals surface area contributed by atoms with Crippen molar-refractivity contribution in [2.45, 2.75) is 70.0 Å². The van der Waals surface area contributed by atoms with E-state index in [9.17, 15) is 24.0 Å². The number of para-hydroxylation sites is 1. The Kier molecular flexibility index (Phi) is 13.5. The van der Waals surface area contributed by atoms with Crippen molar-refractivity contribution in [1.29, 1.82) is 0 Å². The minimum absolute atomic E-state index is 0.0379. The number of likely N-dealkylation sites (tertiary alicyclic amines) is 1. The highest BCUT2D eigenvalue weighted by Gasteiger charge is 2.29. The first-order valence-electron chi connectivity index (χ1n) is 21.5. The van der Waals surface area contributed by atoms with E-state index in [1.807, 2.05) is 26.7 Å². The van der Waals surface area contributed by atoms with Crippen molar-refractivity contribution in [3.05, 3.63) is 95.4 Å². The van der Waals surface area contributed by atoms with Gasteiger partial charge in [0.15, 0.2) is 6.29 Å². The molecule has 1 unspecified atom stereocenters. The van der Waals surface area contributed by atoms with E-state index in [2.05, 4.69) is 26.0 Å². The second-order valence-corrected chi connectivity index (χ2v) is 16.2. The molecule has 5 aromatic rings. The number of morpholine rings is 1. The van der Waals surface area contributed by atoms with Crippen LogP contribution in [0.15, 0.2) is 67.1 Å². The van der Waals surface area contributed by atoms with Crippen molar-refractivity contribution < 1.29 is 37.5 Å². The average Bonchev–Trinajstić information content (AvgIpc) is 3.80. The lowest BCUT2D eigenvalue weighted by Crippen LogP contribution is -2.52. The van der Waals surface area contributed by atoms with Crippen molar-refractivity contribution in [2.75, 3.05) is 51.3 Å². The maximum Gasteiger partial charge on any atom is 0.252 e. The highest BCUT2D eigenvalue weighted by molar-refractivity contribution is 6.06. The van der Waals surface area contributed by atoms with Crippen LogP contribution in [0.2, 0.25) is 0 Å². The number of carbonyl (C=O) groups excluding carboxylic acids is 5. The SMILES string of the molecule is O=Cc1cc(NCCCCCC(=O)N2CCC(n3cc(-c4cnc5cccc(-c6cc(F)c(CN7CCOCC7)c(F)c6)c5n4)cn3)CC2)ccc1C(=O)NC1CCC(=O)NC1=O. The summed E-state index contributed by atoms with van der Waals surface area (Å²) in [5, 5.41) is 12.7. The predicted molar refractivity (Wildman–Crippen MR) is 229 cm³/mol. The molecule has 3 aliphatic rings. The first kappa shape index (κ1) is 43.2. The number of imide groups is 1. The van der Waals surface area contributed by atoms with Crippen LogP contribution in [0.4, 0.5) is 14.5 Å². The Labute approximate surface area is 362 Å². The summed E-state index contributed by atoms with van der Waals surface area (Å²) in [5.74, 6) is -2.59. The van der Waals surface area contributed by atoms with Crippen molar-refractivity contribution in [2.24, 2.45) is 0 Å². The van der Waals surface area contributed by atoms with Crippen LogP contribution in [0.1, 0.15) is 83.7 Å². The van der Waals surface area contributed by atoms with Gasteiger partial charge in [0.2, 0.25) is 17.7 Å². The molecule has 2 aromatic heterocycles. The van der Waals surface area contributed by atoms with E-state index in [4.69, 9.17) is 9.72 Å². The quantitative estimate of drug-likeness (QED) is 0.0692. The molecule has 4 amide bonds. The van der Waals surface area contributed by atoms with Crippen molar-refractivity contribution in [3.63, 3.8) is 0 Å². The molecule has 3 saturated heterocycles. The molecular weight excluding hydrogens is 813 g/mol. The van der Waals surface area contributed by atoms with E-state index < -0.39 is 29.5 Å². The lowest BCUT2D eigenvalue weighted by Gasteiger charge is -2.32. The smallest absolute Gasteiger partial charge is 0.252 e. The first-order chi connectivity index (χ1) is 30.6. The van der Waals surface area contributed by atoms with Crippen molar-refractivity contribution >= 4 is 46.6 Å². The van der Waals surface area contributed by atoms with Gasteiger partial charge >= 0.3 is 0 Å². The summed E-state index contributed by atoms with van der Waals surface area (Å²) >= 11 is 0. The molecular formula is C46H49F2N9O6. The van der Waals surface area contributed by atoms with Crippen LogP contribution in [0, 0.1) is 11.6 Å². The molecule has 3 N–H and O–H groups in total. The third-order valence-corrected chi connectivity index (χ3v) is 12.0. The number of ether oxygens (including phenoxy) is 1. The van der Waals surface area contributed by atoms with Crippen LogP contribution in [-0.2, 0) is 25.7 Å². The largest absolute Gasteiger partial charge is 0.385 e. The van der Waals surface area contributed by atoms with Crippen LogP contribution in [0.3, 0.4) is 0 Å². The van der Waals surface area contributed by atoms with Crippen LogP contribution in [-0.4, -0.2) is 111 Å². The molecule has 3 aromatic carbocycles. The summed E-state index contributed by atoms with van der Waals surface area (Å²) < 4.78 is 38.1. The third kappa shape index (κ3) is 10.3. The molecule has 17 heteroatoms. The van der Waals surface area contributed by atoms with E-state index in [1.165, 1.54) is 18.2 Å². The Bertz CT molecular complexity index is 2490. The lowest BCUT2D eigenvalue weighted by molar-refractivity contribution is -0.135. The average molecular weight is 862 g/mol. The number of unbranched alkanes of at least 4 members (excludes halogenated alkanes) is 2. The topological polar surface area (TPSA) is 181 Å². The van der Waals surface area contributed by atoms with E-state index >= 15 is 8.78 Å². The molecule has 3 fully saturated rings. The normalized spacial score (nSPS) is 17.4. The number of rotatable bonds is 15. The van der Waals surface area contributed by atoms with Gasteiger partial charge in [-0.05, 0) is 74.1 Å². The number of hydrogen-bond donors (Lipinski definition) is 3. The molecule has 0 bridgehead atoms. The predicted octanol–water partition coefficient (Wildman–Crippen LogP) is 5.45. The van der Waals surface area contributed by atoms with Gasteiger partial charge in [0.05, 0.1) is 48.4 Å². The van der Waals surface area contributed by atoms with Gasteiger partial charge in [0.25, 0.3) is 5.91 Å². The molecule has 0 spiro atoms. The van der Waals surface area contributed by atoms with E-state index in [1.54, 1.807) is 36.7 Å². The van der Waals surface area contributed by atoms with Gasteiger partial charge in [-0.1, -0.05) is 18.6 Å². The summed E-state index contributed by atoms with van der Waals surface area (Å²) in [7, 11) is 0. The van der Waals surface area contributed by atoms with Gasteiger partial charge in [-0.2, -0.15) is 5.10 Å². The number of carbonyl (C=O) groups is 5. The highest BCUT2D eigenvalue weighted by atomic mass is 19.1. The van der Waals surface area contributed by atoms with Gasteiger partial charge in [0, 0.05) is 91.8 Å². The number of amides is 4. The number of piperidine rings is 2. The van der Waals surface area contributed by atoms with Crippen molar-refractivity contribution in [3.8, 4) is 22.4 Å². The molecule has 0 saturated carbocycles. The summed E-state index contributed by atoms with van der Waals surface area (Å²) in [5.41, 5.74) is 4.48. The number of anilines is 1. The number of aldehydes is 1. The number of benzene rings is 3. The van der Waals surface area contributed by atoms with Gasteiger partial charge in [-0.25, -0.2) is 13.8 Å². The summed E-state index contributed by atoms with van der Waals surface area (Å²) in [4.78, 5) is 74.5. The fourth-order valence-electron chi connectivity index (χ4n) is 8.36. The molecule has 8 rings (SSSR count). The van der Waals surface area contributed by atoms with Gasteiger partial charge in [0.1, 0.15) is 17.7 Å². The number of nitrogens with zero attached hydrogens (tertiary/aromatic N) is 6. The molecule has 0 aliphatic carbocycles. The molecule has 63 heavy (non-hydrogen) atoms. The van der Waals surface area contributed by atoms with Gasteiger partial charge in [-0.15, -0.1) is 0 Å². The first-order valence-corrected chi connectivity index (χ1v) is 21.5. The molecule has 328 valence electrons. The number of nitrogens with one attached hydrogen (secondary N) is 3. The van der Waals surface area contributed by atoms with Crippen molar-refractivity contribution in [1.82, 2.24) is 40.2 Å². The standard InChI is InChI=1S/C46H49F2N9O6/c47-37-22-29(23-38(48)36(37)27-55-17-19-63-20-18-55)34-5-4-6-39-44(34)52-41(25-50-39)31-24-51-57(26-31)33-12-15-56(16-13-33)43(60)7-2-1-3-14-49-32-8-9-35(30(21-32)28-58)45(61)53-40-10-11-42(59)54-46(40)62/h4-6,8-9,21-26,28,33,40,49H,1-3,7,10-20,27H2,(H,53,61)(H,54,59,62). The zero-order valence-electron chi connectivity index (χ0n) is 34.8. The third-order valence-electron chi connectivity index (χ3n) is 12.0. The number of aromatic nitrogens is 4. The summed E-state index contributed by atoms with van der Waals surface area (Å²) in [6, 6.07) is 12.2. The van der Waals surface area contributed by atoms with Crippen LogP contribution >= 0.6 is 0 Å². The molecule has 3 aliphatic heterocycles. The molecule has 0 radical (unpaired) electrons. The Balaban J connectivity index is 0.790. The summed E-state index contributed by atoms with van der Waals surface area (Å²) in [6.07, 6.45) is 10.6. The number of fused-ring (bicyclic) bond motifs is 1. The molecule has 5 heterocycles. The zero-order valence-corrected chi connectivity index (χ0v) is 34.8. The van der Waals surface area contributed by atoms with Gasteiger partial charge in [-0.3, -0.25) is 43.9 Å². The fourth-order valence-corrected chi connectivity index (χ4v) is 8.36. The monoisotopic (exact) mass is 861 g/mol. The van der Waals surface area contributed by atoms with Crippen LogP contribution in [0.25, 0.3) is 33.4 Å². The Hall–Kier alpha value is -6.46. The van der Waals surface area contributed by atoms with E-state index in [0.29, 0.717) is 92.2 Å². The maximum absolute atomic E-state index is 15.4. The number of halogens is 2. The highest BCUT2D eigenvalue weighted by Crippen LogP contribution is 2.32. The minimum Gasteiger partial charge on any atom is -0.385 e. The second-order valence-electron chi connectivity index (χ2n) is 16.2. The lowest BCUT2D eigenvalue weighted by atomic mass is 10.0. The Morgan fingerprint density at radius 2 is 1.71 bits per heavy atom. The maximum atomic E-state index is 15.4. The molecule has 1 atom stereocenters. The van der Waals surface area contributed by atoms with E-state index in [-0.39, 0.29) is 53.9 Å². The van der Waals surface area contributed by atoms with Crippen LogP contribution in [0.5, 0.6) is 0 Å². The van der Waals surface area contributed by atoms with Gasteiger partial charge < -0.3 is 20.3 Å². The fraction of sp³-hybridized carbons (Fsp3) is 0.391. The van der Waals surface area contributed by atoms with Crippen LogP contribution < -0.4 is 16.0 Å². The second kappa shape index (κ2) is 19.7.